The zero-order valence-corrected chi connectivity index (χ0v) is 42.1. The smallest absolute Gasteiger partial charge is 0.420 e. The number of fused-ring (bicyclic) bond motifs is 6. The highest BCUT2D eigenvalue weighted by atomic mass is 19.3. The minimum absolute atomic E-state index is 0.0113. The number of H-pyrrole nitrogens is 1. The van der Waals surface area contributed by atoms with Crippen LogP contribution in [0.15, 0.2) is 60.8 Å². The Labute approximate surface area is 416 Å². The van der Waals surface area contributed by atoms with Crippen LogP contribution in [0.3, 0.4) is 0 Å². The monoisotopic (exact) mass is 988 g/mol. The molecule has 2 aliphatic heterocycles. The van der Waals surface area contributed by atoms with Crippen molar-refractivity contribution in [2.24, 2.45) is 23.2 Å². The number of alkyl carbamates (subject to hydrolysis) is 2. The van der Waals surface area contributed by atoms with Crippen LogP contribution in [-0.4, -0.2) is 104 Å². The standard InChI is InChI=1S/C54H62F2N8O8/c1-27(2)42(60-49(67)70-8)47(65)62-26-53(18-19-53)24-41(62)45-57-25-39(58-45)31-12-16-35-34-15-11-29(21-36(34)54(55,56)37(35)22-31)30-13-17-38-40(23-30)64(51(69)72-52(5,6)7)46(59-38)44-32-10-14-33(20-32)63(44)48(66)43(28(3)4)61-50(68)71-9/h11-13,15-17,21-23,25,27-28,32-33,41-44H,10,14,18-20,24,26H2,1-9H3,(H,57,58)(H,60,67)(H,61,68). The van der Waals surface area contributed by atoms with E-state index in [4.69, 9.17) is 24.2 Å². The number of aromatic nitrogens is 4. The van der Waals surface area contributed by atoms with Crippen LogP contribution >= 0.6 is 0 Å². The Balaban J connectivity index is 0.959. The van der Waals surface area contributed by atoms with Crippen LogP contribution in [-0.2, 0) is 29.7 Å². The average molecular weight is 989 g/mol. The fourth-order valence-electron chi connectivity index (χ4n) is 11.6. The summed E-state index contributed by atoms with van der Waals surface area (Å²) < 4.78 is 51.0. The summed E-state index contributed by atoms with van der Waals surface area (Å²) in [6.45, 7) is 13.2. The Bertz CT molecular complexity index is 3020. The van der Waals surface area contributed by atoms with Crippen molar-refractivity contribution in [2.45, 2.75) is 129 Å². The maximum absolute atomic E-state index is 16.9. The van der Waals surface area contributed by atoms with E-state index in [1.807, 2.05) is 27.7 Å². The van der Waals surface area contributed by atoms with Crippen molar-refractivity contribution >= 4 is 41.1 Å². The molecule has 2 aromatic heterocycles. The second-order valence-corrected chi connectivity index (χ2v) is 22.1. The van der Waals surface area contributed by atoms with E-state index in [0.29, 0.717) is 75.6 Å². The maximum atomic E-state index is 16.9. The largest absolute Gasteiger partial charge is 0.453 e. The van der Waals surface area contributed by atoms with Gasteiger partial charge in [0.15, 0.2) is 0 Å². The van der Waals surface area contributed by atoms with Gasteiger partial charge in [-0.1, -0.05) is 58.0 Å². The molecule has 6 unspecified atom stereocenters. The summed E-state index contributed by atoms with van der Waals surface area (Å²) in [6, 6.07) is 12.5. The Morgan fingerprint density at radius 1 is 0.806 bits per heavy atom. The van der Waals surface area contributed by atoms with Gasteiger partial charge >= 0.3 is 18.3 Å². The summed E-state index contributed by atoms with van der Waals surface area (Å²) in [5, 5.41) is 5.41. The number of likely N-dealkylation sites (tertiary alicyclic amines) is 2. The number of hydrogen-bond acceptors (Lipinski definition) is 10. The lowest BCUT2D eigenvalue weighted by Gasteiger charge is -2.38. The summed E-state index contributed by atoms with van der Waals surface area (Å²) >= 11 is 0. The Kier molecular flexibility index (Phi) is 12.0. The molecule has 5 aliphatic rings. The molecule has 2 saturated heterocycles. The summed E-state index contributed by atoms with van der Waals surface area (Å²) in [5.74, 6) is -3.49. The van der Waals surface area contributed by atoms with Crippen LogP contribution in [0, 0.1) is 23.2 Å². The second kappa shape index (κ2) is 17.7. The number of ether oxygens (including phenoxy) is 3. The molecule has 72 heavy (non-hydrogen) atoms. The molecule has 3 aliphatic carbocycles. The lowest BCUT2D eigenvalue weighted by molar-refractivity contribution is -0.139. The highest BCUT2D eigenvalue weighted by Gasteiger charge is 2.56. The van der Waals surface area contributed by atoms with Gasteiger partial charge in [0, 0.05) is 29.3 Å². The number of rotatable bonds is 10. The van der Waals surface area contributed by atoms with E-state index in [1.165, 1.54) is 30.9 Å². The normalized spacial score (nSPS) is 22.0. The minimum Gasteiger partial charge on any atom is -0.453 e. The average Bonchev–Trinajstić information content (AvgIpc) is 3.98. The molecule has 4 heterocycles. The molecule has 10 rings (SSSR count). The van der Waals surface area contributed by atoms with Gasteiger partial charge in [-0.3, -0.25) is 9.59 Å². The summed E-state index contributed by atoms with van der Waals surface area (Å²) in [6.07, 6.45) is 4.47. The molecule has 5 aromatic rings. The van der Waals surface area contributed by atoms with Gasteiger partial charge in [0.25, 0.3) is 5.92 Å². The molecular weight excluding hydrogens is 927 g/mol. The van der Waals surface area contributed by atoms with Crippen LogP contribution in [0.4, 0.5) is 23.2 Å². The number of halogens is 2. The number of amides is 4. The molecule has 0 radical (unpaired) electrons. The van der Waals surface area contributed by atoms with Crippen molar-refractivity contribution in [1.29, 1.82) is 0 Å². The Morgan fingerprint density at radius 3 is 2.01 bits per heavy atom. The van der Waals surface area contributed by atoms with Gasteiger partial charge in [-0.25, -0.2) is 28.9 Å². The number of carbonyl (C=O) groups excluding carboxylic acids is 5. The SMILES string of the molecule is COC(=O)NC(C(=O)N1CC2(CC2)CC1c1ncc(-c2ccc3c(c2)C(F)(F)c2cc(-c4ccc5nc(C6C7CCC(C7)N6C(=O)C(NC(=O)OC)C(C)C)n(C(=O)OC(C)(C)C)c5c4)ccc2-3)[nH]1)C(C)C. The first kappa shape index (κ1) is 48.8. The molecule has 18 heteroatoms. The number of nitrogens with zero attached hydrogens (tertiary/aromatic N) is 5. The first-order valence-corrected chi connectivity index (χ1v) is 24.9. The van der Waals surface area contributed by atoms with Crippen LogP contribution < -0.4 is 10.6 Å². The molecule has 2 bridgehead atoms. The van der Waals surface area contributed by atoms with E-state index in [1.54, 1.807) is 79.2 Å². The zero-order chi connectivity index (χ0) is 51.3. The molecule has 1 spiro atoms. The van der Waals surface area contributed by atoms with Crippen LogP contribution in [0.5, 0.6) is 0 Å². The zero-order valence-electron chi connectivity index (χ0n) is 42.1. The predicted octanol–water partition coefficient (Wildman–Crippen LogP) is 9.86. The van der Waals surface area contributed by atoms with Crippen LogP contribution in [0.2, 0.25) is 0 Å². The topological polar surface area (TPSA) is 190 Å². The molecule has 3 N–H and O–H groups in total. The molecule has 380 valence electrons. The molecule has 4 fully saturated rings. The van der Waals surface area contributed by atoms with Gasteiger partial charge in [0.2, 0.25) is 11.8 Å². The second-order valence-electron chi connectivity index (χ2n) is 22.1. The predicted molar refractivity (Wildman–Crippen MR) is 263 cm³/mol. The number of alkyl halides is 2. The van der Waals surface area contributed by atoms with Gasteiger partial charge in [0.05, 0.1) is 49.2 Å². The number of aromatic amines is 1. The van der Waals surface area contributed by atoms with Crippen molar-refractivity contribution < 1.29 is 47.0 Å². The van der Waals surface area contributed by atoms with E-state index in [-0.39, 0.29) is 52.2 Å². The van der Waals surface area contributed by atoms with E-state index in [2.05, 4.69) is 15.6 Å². The van der Waals surface area contributed by atoms with E-state index < -0.39 is 54.0 Å². The third kappa shape index (κ3) is 8.43. The third-order valence-corrected chi connectivity index (χ3v) is 15.5. The lowest BCUT2D eigenvalue weighted by Crippen LogP contribution is -2.54. The van der Waals surface area contributed by atoms with Crippen molar-refractivity contribution in [3.63, 3.8) is 0 Å². The van der Waals surface area contributed by atoms with Crippen molar-refractivity contribution in [3.8, 4) is 33.5 Å². The van der Waals surface area contributed by atoms with Gasteiger partial charge in [-0.05, 0) is 129 Å². The summed E-state index contributed by atoms with van der Waals surface area (Å²) in [5.41, 5.74) is 2.55. The highest BCUT2D eigenvalue weighted by molar-refractivity contribution is 5.93. The van der Waals surface area contributed by atoms with Crippen molar-refractivity contribution in [2.75, 3.05) is 20.8 Å². The number of nitrogens with one attached hydrogen (secondary N) is 3. The molecule has 16 nitrogen and oxygen atoms in total. The molecule has 2 saturated carbocycles. The number of carbonyl (C=O) groups is 5. The quantitative estimate of drug-likeness (QED) is 0.114. The fourth-order valence-corrected chi connectivity index (χ4v) is 11.6. The minimum atomic E-state index is -3.38. The first-order chi connectivity index (χ1) is 34.1. The molecule has 4 amide bonds. The summed E-state index contributed by atoms with van der Waals surface area (Å²) in [4.78, 5) is 84.2. The van der Waals surface area contributed by atoms with Gasteiger partial charge in [-0.2, -0.15) is 8.78 Å². The third-order valence-electron chi connectivity index (χ3n) is 15.5. The highest BCUT2D eigenvalue weighted by Crippen LogP contribution is 2.59. The number of methoxy groups -OCH3 is 2. The lowest BCUT2D eigenvalue weighted by atomic mass is 9.95. The molecule has 3 aromatic carbocycles. The number of imidazole rings is 2. The Morgan fingerprint density at radius 2 is 1.40 bits per heavy atom. The van der Waals surface area contributed by atoms with Crippen LogP contribution in [0.25, 0.3) is 44.5 Å². The number of hydrogen-bond donors (Lipinski definition) is 3. The Hall–Kier alpha value is -6.85. The first-order valence-electron chi connectivity index (χ1n) is 24.9. The van der Waals surface area contributed by atoms with E-state index in [9.17, 15) is 24.0 Å². The van der Waals surface area contributed by atoms with Gasteiger partial charge in [-0.15, -0.1) is 0 Å². The number of piperidine rings is 1. The number of benzene rings is 3. The van der Waals surface area contributed by atoms with Gasteiger partial charge in [0.1, 0.15) is 29.3 Å². The van der Waals surface area contributed by atoms with E-state index in [0.717, 1.165) is 25.7 Å². The van der Waals surface area contributed by atoms with Crippen LogP contribution in [0.1, 0.15) is 122 Å². The van der Waals surface area contributed by atoms with Gasteiger partial charge < -0.3 is 39.6 Å². The van der Waals surface area contributed by atoms with E-state index >= 15 is 8.78 Å². The molecule has 6 atom stereocenters. The summed E-state index contributed by atoms with van der Waals surface area (Å²) in [7, 11) is 2.50. The molecular formula is C54H62F2N8O8. The van der Waals surface area contributed by atoms with Crippen molar-refractivity contribution in [1.82, 2.24) is 40.0 Å². The fraction of sp³-hybridized carbons (Fsp3) is 0.500. The van der Waals surface area contributed by atoms with Crippen molar-refractivity contribution in [3.05, 3.63) is 83.6 Å². The maximum Gasteiger partial charge on any atom is 0.420 e.